The molecule has 0 aliphatic carbocycles. The van der Waals surface area contributed by atoms with E-state index in [-0.39, 0.29) is 17.7 Å². The fourth-order valence-corrected chi connectivity index (χ4v) is 3.90. The molecule has 0 spiro atoms. The van der Waals surface area contributed by atoms with Gasteiger partial charge in [-0.2, -0.15) is 18.3 Å². The average molecular weight is 570 g/mol. The summed E-state index contributed by atoms with van der Waals surface area (Å²) in [6, 6.07) is 12.8. The molecule has 2 aromatic carbocycles. The normalized spacial score (nSPS) is 16.2. The van der Waals surface area contributed by atoms with Gasteiger partial charge >= 0.3 is 12.1 Å². The highest BCUT2D eigenvalue weighted by atomic mass is 79.9. The number of halogens is 4. The Morgan fingerprint density at radius 3 is 2.53 bits per heavy atom. The van der Waals surface area contributed by atoms with Gasteiger partial charge in [0.05, 0.1) is 23.7 Å². The Kier molecular flexibility index (Phi) is 8.69. The minimum Gasteiger partial charge on any atom is -0.475 e. The van der Waals surface area contributed by atoms with Crippen molar-refractivity contribution in [2.24, 2.45) is 11.7 Å². The lowest BCUT2D eigenvalue weighted by molar-refractivity contribution is -0.192. The van der Waals surface area contributed by atoms with Gasteiger partial charge in [0.25, 0.3) is 0 Å². The van der Waals surface area contributed by atoms with E-state index >= 15 is 0 Å². The number of aromatic nitrogens is 2. The highest BCUT2D eigenvalue weighted by Gasteiger charge is 2.38. The largest absolute Gasteiger partial charge is 0.490 e. The maximum Gasteiger partial charge on any atom is 0.490 e. The number of anilines is 1. The second-order valence-corrected chi connectivity index (χ2v) is 9.09. The Balaban J connectivity index is 0.000000454. The summed E-state index contributed by atoms with van der Waals surface area (Å²) in [7, 11) is 0. The molecule has 36 heavy (non-hydrogen) atoms. The molecule has 5 N–H and O–H groups in total. The van der Waals surface area contributed by atoms with E-state index in [2.05, 4.69) is 31.4 Å². The standard InChI is InChI=1S/C21H22BrN5O2.C2HF3O2/c22-16-3-1-13(2-4-16)9-18(23)21(29)27-8-7-14(12-27)20(28)25-17-5-6-19-15(10-17)11-24-26-19;3-2(4,5)1(6)7/h1-6,10-11,14,18H,7-9,12,23H2,(H,24,26)(H,25,28);(H,6,7)/t14?,18-;/m1./s1. The molecule has 2 atom stereocenters. The lowest BCUT2D eigenvalue weighted by Crippen LogP contribution is -2.44. The third-order valence-electron chi connectivity index (χ3n) is 5.51. The van der Waals surface area contributed by atoms with Crippen molar-refractivity contribution < 1.29 is 32.7 Å². The van der Waals surface area contributed by atoms with E-state index in [1.807, 2.05) is 42.5 Å². The summed E-state index contributed by atoms with van der Waals surface area (Å²) in [6.07, 6.45) is -2.26. The summed E-state index contributed by atoms with van der Waals surface area (Å²) >= 11 is 3.40. The van der Waals surface area contributed by atoms with Crippen LogP contribution in [0.5, 0.6) is 0 Å². The maximum atomic E-state index is 12.7. The third kappa shape index (κ3) is 7.28. The molecular formula is C23H23BrF3N5O4. The molecule has 13 heteroatoms. The number of fused-ring (bicyclic) bond motifs is 1. The van der Waals surface area contributed by atoms with Crippen LogP contribution in [0, 0.1) is 5.92 Å². The number of carbonyl (C=O) groups excluding carboxylic acids is 2. The van der Waals surface area contributed by atoms with Crippen molar-refractivity contribution in [2.75, 3.05) is 18.4 Å². The number of H-pyrrole nitrogens is 1. The molecule has 1 fully saturated rings. The van der Waals surface area contributed by atoms with E-state index in [4.69, 9.17) is 15.6 Å². The van der Waals surface area contributed by atoms with E-state index in [9.17, 15) is 22.8 Å². The summed E-state index contributed by atoms with van der Waals surface area (Å²) in [6.45, 7) is 0.943. The molecule has 1 aliphatic heterocycles. The topological polar surface area (TPSA) is 141 Å². The smallest absolute Gasteiger partial charge is 0.475 e. The number of aromatic amines is 1. The number of hydrogen-bond acceptors (Lipinski definition) is 5. The number of hydrogen-bond donors (Lipinski definition) is 4. The number of alkyl halides is 3. The number of amides is 2. The van der Waals surface area contributed by atoms with Crippen molar-refractivity contribution in [1.82, 2.24) is 15.1 Å². The van der Waals surface area contributed by atoms with E-state index in [1.54, 1.807) is 11.1 Å². The highest BCUT2D eigenvalue weighted by molar-refractivity contribution is 9.10. The number of nitrogens with one attached hydrogen (secondary N) is 2. The van der Waals surface area contributed by atoms with Gasteiger partial charge < -0.3 is 21.1 Å². The van der Waals surface area contributed by atoms with Gasteiger partial charge in [-0.25, -0.2) is 4.79 Å². The predicted octanol–water partition coefficient (Wildman–Crippen LogP) is 3.32. The SMILES string of the molecule is N[C@H](Cc1ccc(Br)cc1)C(=O)N1CCC(C(=O)Nc2ccc3[nH]ncc3c2)C1.O=C(O)C(F)(F)F. The van der Waals surface area contributed by atoms with Crippen LogP contribution in [0.25, 0.3) is 10.9 Å². The predicted molar refractivity (Wildman–Crippen MR) is 129 cm³/mol. The number of carboxylic acids is 1. The first-order valence-electron chi connectivity index (χ1n) is 10.8. The summed E-state index contributed by atoms with van der Waals surface area (Å²) in [4.78, 5) is 35.9. The quantitative estimate of drug-likeness (QED) is 0.371. The van der Waals surface area contributed by atoms with Gasteiger partial charge in [0.15, 0.2) is 0 Å². The number of likely N-dealkylation sites (tertiary alicyclic amines) is 1. The van der Waals surface area contributed by atoms with E-state index < -0.39 is 18.2 Å². The van der Waals surface area contributed by atoms with Crippen LogP contribution >= 0.6 is 15.9 Å². The minimum atomic E-state index is -5.08. The zero-order valence-electron chi connectivity index (χ0n) is 18.8. The van der Waals surface area contributed by atoms with Crippen LogP contribution in [-0.4, -0.2) is 63.3 Å². The van der Waals surface area contributed by atoms with E-state index in [0.29, 0.717) is 25.9 Å². The van der Waals surface area contributed by atoms with Crippen LogP contribution in [0.4, 0.5) is 18.9 Å². The van der Waals surface area contributed by atoms with Crippen molar-refractivity contribution in [3.63, 3.8) is 0 Å². The number of carboxylic acid groups (broad SMARTS) is 1. The van der Waals surface area contributed by atoms with Crippen molar-refractivity contribution in [1.29, 1.82) is 0 Å². The average Bonchev–Trinajstić information content (AvgIpc) is 3.49. The first-order chi connectivity index (χ1) is 16.9. The van der Waals surface area contributed by atoms with Crippen LogP contribution in [0.1, 0.15) is 12.0 Å². The fraction of sp³-hybridized carbons (Fsp3) is 0.304. The van der Waals surface area contributed by atoms with Gasteiger partial charge in [-0.05, 0) is 48.7 Å². The molecule has 192 valence electrons. The van der Waals surface area contributed by atoms with Crippen LogP contribution in [0.2, 0.25) is 0 Å². The molecule has 1 aromatic heterocycles. The van der Waals surface area contributed by atoms with E-state index in [0.717, 1.165) is 26.6 Å². The second kappa shape index (κ2) is 11.5. The summed E-state index contributed by atoms with van der Waals surface area (Å²) < 4.78 is 32.7. The number of nitrogens with zero attached hydrogens (tertiary/aromatic N) is 2. The molecule has 0 saturated carbocycles. The monoisotopic (exact) mass is 569 g/mol. The molecule has 9 nitrogen and oxygen atoms in total. The fourth-order valence-electron chi connectivity index (χ4n) is 3.64. The number of benzene rings is 2. The van der Waals surface area contributed by atoms with Gasteiger partial charge in [-0.15, -0.1) is 0 Å². The van der Waals surface area contributed by atoms with Gasteiger partial charge in [-0.1, -0.05) is 28.1 Å². The third-order valence-corrected chi connectivity index (χ3v) is 6.04. The molecule has 1 saturated heterocycles. The Labute approximate surface area is 212 Å². The molecule has 1 aliphatic rings. The second-order valence-electron chi connectivity index (χ2n) is 8.17. The van der Waals surface area contributed by atoms with Crippen molar-refractivity contribution in [3.8, 4) is 0 Å². The summed E-state index contributed by atoms with van der Waals surface area (Å²) in [5.41, 5.74) is 8.79. The van der Waals surface area contributed by atoms with Crippen LogP contribution < -0.4 is 11.1 Å². The van der Waals surface area contributed by atoms with E-state index in [1.165, 1.54) is 0 Å². The van der Waals surface area contributed by atoms with Crippen molar-refractivity contribution in [3.05, 3.63) is 58.7 Å². The van der Waals surface area contributed by atoms with Gasteiger partial charge in [-0.3, -0.25) is 14.7 Å². The van der Waals surface area contributed by atoms with Crippen LogP contribution in [0.15, 0.2) is 53.1 Å². The molecule has 1 unspecified atom stereocenters. The Morgan fingerprint density at radius 2 is 1.89 bits per heavy atom. The molecule has 0 bridgehead atoms. The minimum absolute atomic E-state index is 0.0791. The maximum absolute atomic E-state index is 12.7. The number of carbonyl (C=O) groups is 3. The molecule has 4 rings (SSSR count). The van der Waals surface area contributed by atoms with Crippen LogP contribution in [-0.2, 0) is 20.8 Å². The van der Waals surface area contributed by atoms with Gasteiger partial charge in [0.2, 0.25) is 11.8 Å². The highest BCUT2D eigenvalue weighted by Crippen LogP contribution is 2.22. The molecule has 0 radical (unpaired) electrons. The molecule has 2 amide bonds. The summed E-state index contributed by atoms with van der Waals surface area (Å²) in [5.74, 6) is -3.18. The Morgan fingerprint density at radius 1 is 1.22 bits per heavy atom. The zero-order valence-corrected chi connectivity index (χ0v) is 20.3. The summed E-state index contributed by atoms with van der Waals surface area (Å²) in [5, 5.41) is 17.9. The first-order valence-corrected chi connectivity index (χ1v) is 11.6. The molecule has 3 aromatic rings. The zero-order chi connectivity index (χ0) is 26.5. The van der Waals surface area contributed by atoms with Crippen LogP contribution in [0.3, 0.4) is 0 Å². The molecular weight excluding hydrogens is 547 g/mol. The first kappa shape index (κ1) is 27.1. The van der Waals surface area contributed by atoms with Crippen molar-refractivity contribution in [2.45, 2.75) is 25.1 Å². The van der Waals surface area contributed by atoms with Gasteiger partial charge in [0, 0.05) is 28.6 Å². The number of rotatable bonds is 5. The Hall–Kier alpha value is -3.45. The Bertz CT molecular complexity index is 1230. The number of nitrogens with two attached hydrogens (primary N) is 1. The molecule has 2 heterocycles. The lowest BCUT2D eigenvalue weighted by atomic mass is 10.1. The number of aliphatic carboxylic acids is 1. The van der Waals surface area contributed by atoms with Crippen molar-refractivity contribution >= 4 is 50.3 Å². The van der Waals surface area contributed by atoms with Gasteiger partial charge in [0.1, 0.15) is 0 Å². The lowest BCUT2D eigenvalue weighted by Gasteiger charge is -2.21.